The predicted octanol–water partition coefficient (Wildman–Crippen LogP) is 4.02. The average molecular weight is 297 g/mol. The molecule has 2 rings (SSSR count). The van der Waals surface area contributed by atoms with Crippen molar-refractivity contribution in [2.45, 2.75) is 58.5 Å². The quantitative estimate of drug-likeness (QED) is 0.912. The molecule has 0 bridgehead atoms. The van der Waals surface area contributed by atoms with Gasteiger partial charge in [0.1, 0.15) is 11.0 Å². The highest BCUT2D eigenvalue weighted by atomic mass is 32.2. The molecule has 3 nitrogen and oxygen atoms in total. The van der Waals surface area contributed by atoms with E-state index in [1.807, 2.05) is 18.0 Å². The van der Waals surface area contributed by atoms with E-state index in [-0.39, 0.29) is 11.6 Å². The molecule has 106 valence electrons. The molecule has 1 saturated heterocycles. The monoisotopic (exact) mass is 297 g/mol. The standard InChI is InChI=1S/C14H23N3S2/c1-5-11-9-15-12(19-11)10(3)16-13-17-14(4,6-2)7-8-18-13/h9-10H,5-8H2,1-4H3,(H,16,17). The van der Waals surface area contributed by atoms with Crippen molar-refractivity contribution in [2.75, 3.05) is 5.75 Å². The van der Waals surface area contributed by atoms with Gasteiger partial charge in [0.25, 0.3) is 0 Å². The Morgan fingerprint density at radius 1 is 1.53 bits per heavy atom. The zero-order valence-electron chi connectivity index (χ0n) is 12.2. The number of nitrogens with zero attached hydrogens (tertiary/aromatic N) is 2. The summed E-state index contributed by atoms with van der Waals surface area (Å²) in [5.41, 5.74) is 0.210. The van der Waals surface area contributed by atoms with Crippen molar-refractivity contribution >= 4 is 28.3 Å². The molecule has 0 saturated carbocycles. The summed E-state index contributed by atoms with van der Waals surface area (Å²) in [6.45, 7) is 8.81. The molecular formula is C14H23N3S2. The number of thiazole rings is 1. The molecule has 1 aliphatic rings. The van der Waals surface area contributed by atoms with E-state index >= 15 is 0 Å². The van der Waals surface area contributed by atoms with Crippen molar-refractivity contribution in [2.24, 2.45) is 4.99 Å². The molecule has 1 aromatic heterocycles. The Bertz CT molecular complexity index is 455. The molecule has 0 spiro atoms. The van der Waals surface area contributed by atoms with Gasteiger partial charge >= 0.3 is 0 Å². The maximum Gasteiger partial charge on any atom is 0.157 e. The number of hydrogen-bond acceptors (Lipinski definition) is 4. The molecule has 1 fully saturated rings. The number of amidine groups is 1. The summed E-state index contributed by atoms with van der Waals surface area (Å²) in [6, 6.07) is 0.152. The third kappa shape index (κ3) is 3.72. The van der Waals surface area contributed by atoms with Crippen LogP contribution >= 0.6 is 23.1 Å². The Morgan fingerprint density at radius 2 is 2.32 bits per heavy atom. The normalized spacial score (nSPS) is 27.3. The van der Waals surface area contributed by atoms with Crippen molar-refractivity contribution in [1.29, 1.82) is 0 Å². The van der Waals surface area contributed by atoms with Crippen LogP contribution in [0.2, 0.25) is 0 Å². The zero-order valence-corrected chi connectivity index (χ0v) is 13.8. The van der Waals surface area contributed by atoms with Crippen LogP contribution in [0.25, 0.3) is 0 Å². The predicted molar refractivity (Wildman–Crippen MR) is 86.2 cm³/mol. The molecule has 0 radical (unpaired) electrons. The van der Waals surface area contributed by atoms with E-state index in [0.717, 1.165) is 28.8 Å². The van der Waals surface area contributed by atoms with Crippen molar-refractivity contribution in [3.63, 3.8) is 0 Å². The van der Waals surface area contributed by atoms with Crippen molar-refractivity contribution in [1.82, 2.24) is 10.3 Å². The van der Waals surface area contributed by atoms with Crippen molar-refractivity contribution in [3.05, 3.63) is 16.1 Å². The largest absolute Gasteiger partial charge is 0.360 e. The first-order valence-electron chi connectivity index (χ1n) is 6.99. The summed E-state index contributed by atoms with van der Waals surface area (Å²) in [5.74, 6) is 1.15. The minimum atomic E-state index is 0.152. The maximum absolute atomic E-state index is 4.81. The first-order chi connectivity index (χ1) is 9.06. The topological polar surface area (TPSA) is 37.3 Å². The van der Waals surface area contributed by atoms with Gasteiger partial charge in [0.15, 0.2) is 5.17 Å². The number of hydrogen-bond donors (Lipinski definition) is 1. The highest BCUT2D eigenvalue weighted by Crippen LogP contribution is 2.28. The molecule has 1 aromatic rings. The third-order valence-corrected chi connectivity index (χ3v) is 5.87. The molecule has 2 heterocycles. The summed E-state index contributed by atoms with van der Waals surface area (Å²) < 4.78 is 0. The first kappa shape index (κ1) is 14.9. The minimum absolute atomic E-state index is 0.152. The minimum Gasteiger partial charge on any atom is -0.360 e. The molecule has 0 amide bonds. The van der Waals surface area contributed by atoms with E-state index in [1.54, 1.807) is 11.3 Å². The molecule has 1 N–H and O–H groups in total. The fourth-order valence-corrected chi connectivity index (χ4v) is 4.12. The van der Waals surface area contributed by atoms with Gasteiger partial charge in [-0.05, 0) is 33.1 Å². The van der Waals surface area contributed by atoms with Gasteiger partial charge < -0.3 is 5.32 Å². The first-order valence-corrected chi connectivity index (χ1v) is 8.80. The van der Waals surface area contributed by atoms with E-state index in [9.17, 15) is 0 Å². The van der Waals surface area contributed by atoms with Gasteiger partial charge in [0.2, 0.25) is 0 Å². The van der Waals surface area contributed by atoms with E-state index in [0.29, 0.717) is 0 Å². The number of thioether (sulfide) groups is 1. The second-order valence-corrected chi connectivity index (χ2v) is 7.50. The summed E-state index contributed by atoms with van der Waals surface area (Å²) >= 11 is 3.61. The van der Waals surface area contributed by atoms with E-state index < -0.39 is 0 Å². The Labute approximate surface area is 124 Å². The van der Waals surface area contributed by atoms with Gasteiger partial charge in [-0.15, -0.1) is 11.3 Å². The van der Waals surface area contributed by atoms with Crippen LogP contribution in [0.4, 0.5) is 0 Å². The van der Waals surface area contributed by atoms with Crippen LogP contribution in [0, 0.1) is 0 Å². The number of aromatic nitrogens is 1. The summed E-state index contributed by atoms with van der Waals surface area (Å²) in [4.78, 5) is 10.6. The third-order valence-electron chi connectivity index (χ3n) is 3.67. The van der Waals surface area contributed by atoms with Crippen LogP contribution in [0.1, 0.15) is 56.5 Å². The van der Waals surface area contributed by atoms with Gasteiger partial charge in [-0.3, -0.25) is 4.99 Å². The molecule has 2 unspecified atom stereocenters. The Morgan fingerprint density at radius 3 is 2.95 bits per heavy atom. The van der Waals surface area contributed by atoms with E-state index in [2.05, 4.69) is 38.0 Å². The Kier molecular flexibility index (Phi) is 4.90. The lowest BCUT2D eigenvalue weighted by atomic mass is 9.96. The maximum atomic E-state index is 4.81. The molecule has 1 aliphatic heterocycles. The summed E-state index contributed by atoms with van der Waals surface area (Å²) in [6.07, 6.45) is 5.38. The second-order valence-electron chi connectivity index (χ2n) is 5.27. The second kappa shape index (κ2) is 6.27. The average Bonchev–Trinajstić information content (AvgIpc) is 2.88. The van der Waals surface area contributed by atoms with Gasteiger partial charge in [0.05, 0.1) is 0 Å². The smallest absolute Gasteiger partial charge is 0.157 e. The van der Waals surface area contributed by atoms with E-state index in [4.69, 9.17) is 4.99 Å². The molecule has 2 atom stereocenters. The SMILES string of the molecule is CCc1cnc(C(C)N=C2NC(C)(CC)CCS2)s1. The molecule has 5 heteroatoms. The van der Waals surface area contributed by atoms with Crippen LogP contribution in [-0.2, 0) is 6.42 Å². The van der Waals surface area contributed by atoms with Gasteiger partial charge in [0, 0.05) is 22.4 Å². The van der Waals surface area contributed by atoms with Crippen molar-refractivity contribution in [3.8, 4) is 0 Å². The van der Waals surface area contributed by atoms with Crippen LogP contribution in [0.5, 0.6) is 0 Å². The molecule has 0 aliphatic carbocycles. The van der Waals surface area contributed by atoms with Crippen molar-refractivity contribution < 1.29 is 0 Å². The highest BCUT2D eigenvalue weighted by Gasteiger charge is 2.28. The summed E-state index contributed by atoms with van der Waals surface area (Å²) in [7, 11) is 0. The summed E-state index contributed by atoms with van der Waals surface area (Å²) in [5, 5.41) is 5.79. The molecule has 19 heavy (non-hydrogen) atoms. The van der Waals surface area contributed by atoms with Crippen LogP contribution in [-0.4, -0.2) is 21.4 Å². The lowest BCUT2D eigenvalue weighted by Gasteiger charge is -2.35. The van der Waals surface area contributed by atoms with E-state index in [1.165, 1.54) is 11.3 Å². The Balaban J connectivity index is 2.07. The van der Waals surface area contributed by atoms with Gasteiger partial charge in [-0.2, -0.15) is 0 Å². The van der Waals surface area contributed by atoms with Gasteiger partial charge in [-0.25, -0.2) is 4.98 Å². The lowest BCUT2D eigenvalue weighted by molar-refractivity contribution is 0.389. The highest BCUT2D eigenvalue weighted by molar-refractivity contribution is 8.13. The Hall–Kier alpha value is -0.550. The molecular weight excluding hydrogens is 274 g/mol. The van der Waals surface area contributed by atoms with Crippen LogP contribution < -0.4 is 5.32 Å². The number of aliphatic imine (C=N–C) groups is 1. The van der Waals surface area contributed by atoms with Crippen LogP contribution in [0.15, 0.2) is 11.2 Å². The molecule has 0 aromatic carbocycles. The zero-order chi connectivity index (χ0) is 13.9. The number of aryl methyl sites for hydroxylation is 1. The fourth-order valence-electron chi connectivity index (χ4n) is 1.97. The van der Waals surface area contributed by atoms with Gasteiger partial charge in [-0.1, -0.05) is 25.6 Å². The van der Waals surface area contributed by atoms with Crippen LogP contribution in [0.3, 0.4) is 0 Å². The number of nitrogens with one attached hydrogen (secondary N) is 1. The number of rotatable bonds is 4. The lowest BCUT2D eigenvalue weighted by Crippen LogP contribution is -2.48. The fraction of sp³-hybridized carbons (Fsp3) is 0.714.